The molecule has 1 aromatic heterocycles. The van der Waals surface area contributed by atoms with Crippen molar-refractivity contribution in [2.45, 2.75) is 6.54 Å². The van der Waals surface area contributed by atoms with Crippen molar-refractivity contribution in [3.05, 3.63) is 53.4 Å². The standard InChI is InChI=1S/C17H20ClN3O2/c18-15-5-1-2-6-16(15)19-17(22)13-21-9-7-20(8-10-21)12-14-4-3-11-23-14/h1-6,11H,7-10,12-13H2,(H,19,22)/p+2. The molecule has 122 valence electrons. The van der Waals surface area contributed by atoms with E-state index >= 15 is 0 Å². The first kappa shape index (κ1) is 16.1. The third kappa shape index (κ3) is 4.58. The first-order valence-electron chi connectivity index (χ1n) is 7.94. The van der Waals surface area contributed by atoms with Crippen LogP contribution in [-0.4, -0.2) is 38.6 Å². The summed E-state index contributed by atoms with van der Waals surface area (Å²) < 4.78 is 5.40. The molecule has 5 nitrogen and oxygen atoms in total. The number of quaternary nitrogens is 2. The lowest BCUT2D eigenvalue weighted by molar-refractivity contribution is -1.02. The Kier molecular flexibility index (Phi) is 5.33. The molecule has 1 amide bonds. The maximum absolute atomic E-state index is 12.2. The normalized spacial score (nSPS) is 21.1. The monoisotopic (exact) mass is 335 g/mol. The second-order valence-corrected chi connectivity index (χ2v) is 6.37. The number of carbonyl (C=O) groups excluding carboxylic acids is 1. The van der Waals surface area contributed by atoms with E-state index in [1.54, 1.807) is 12.3 Å². The number of amides is 1. The average molecular weight is 336 g/mol. The number of anilines is 1. The van der Waals surface area contributed by atoms with Gasteiger partial charge in [0.1, 0.15) is 32.7 Å². The van der Waals surface area contributed by atoms with Crippen LogP contribution in [0.5, 0.6) is 0 Å². The van der Waals surface area contributed by atoms with Gasteiger partial charge < -0.3 is 19.5 Å². The molecule has 3 N–H and O–H groups in total. The van der Waals surface area contributed by atoms with Gasteiger partial charge in [-0.1, -0.05) is 23.7 Å². The summed E-state index contributed by atoms with van der Waals surface area (Å²) in [5.41, 5.74) is 0.681. The number of piperazine rings is 1. The Bertz CT molecular complexity index is 637. The number of hydrogen-bond acceptors (Lipinski definition) is 2. The molecule has 1 aliphatic heterocycles. The molecule has 1 aromatic carbocycles. The van der Waals surface area contributed by atoms with Crippen LogP contribution < -0.4 is 15.1 Å². The second-order valence-electron chi connectivity index (χ2n) is 5.96. The summed E-state index contributed by atoms with van der Waals surface area (Å²) in [6.45, 7) is 5.49. The van der Waals surface area contributed by atoms with E-state index in [-0.39, 0.29) is 5.91 Å². The zero-order chi connectivity index (χ0) is 16.1. The highest BCUT2D eigenvalue weighted by molar-refractivity contribution is 6.33. The Morgan fingerprint density at radius 3 is 2.52 bits per heavy atom. The van der Waals surface area contributed by atoms with Gasteiger partial charge in [0.15, 0.2) is 12.3 Å². The third-order valence-electron chi connectivity index (χ3n) is 4.23. The van der Waals surface area contributed by atoms with Gasteiger partial charge in [0.05, 0.1) is 17.0 Å². The van der Waals surface area contributed by atoms with Crippen molar-refractivity contribution in [1.29, 1.82) is 0 Å². The van der Waals surface area contributed by atoms with Crippen molar-refractivity contribution in [2.75, 3.05) is 38.0 Å². The topological polar surface area (TPSA) is 51.1 Å². The Labute approximate surface area is 140 Å². The van der Waals surface area contributed by atoms with Crippen LogP contribution >= 0.6 is 11.6 Å². The molecule has 0 saturated carbocycles. The van der Waals surface area contributed by atoms with Gasteiger partial charge in [0.25, 0.3) is 5.91 Å². The van der Waals surface area contributed by atoms with Crippen LogP contribution in [0.1, 0.15) is 5.76 Å². The highest BCUT2D eigenvalue weighted by atomic mass is 35.5. The van der Waals surface area contributed by atoms with E-state index in [2.05, 4.69) is 5.32 Å². The van der Waals surface area contributed by atoms with Crippen LogP contribution in [-0.2, 0) is 11.3 Å². The fourth-order valence-electron chi connectivity index (χ4n) is 2.95. The molecular weight excluding hydrogens is 314 g/mol. The van der Waals surface area contributed by atoms with E-state index in [9.17, 15) is 4.79 Å². The van der Waals surface area contributed by atoms with Gasteiger partial charge in [-0.05, 0) is 24.3 Å². The summed E-state index contributed by atoms with van der Waals surface area (Å²) in [6, 6.07) is 11.3. The molecule has 2 aromatic rings. The molecule has 23 heavy (non-hydrogen) atoms. The molecule has 0 spiro atoms. The Balaban J connectivity index is 1.43. The van der Waals surface area contributed by atoms with Gasteiger partial charge in [0, 0.05) is 0 Å². The Hall–Kier alpha value is -1.82. The van der Waals surface area contributed by atoms with Crippen LogP contribution in [0.25, 0.3) is 0 Å². The first-order valence-corrected chi connectivity index (χ1v) is 8.32. The smallest absolute Gasteiger partial charge is 0.279 e. The number of carbonyl (C=O) groups is 1. The van der Waals surface area contributed by atoms with Crippen molar-refractivity contribution < 1.29 is 19.0 Å². The minimum Gasteiger partial charge on any atom is -0.463 e. The summed E-state index contributed by atoms with van der Waals surface area (Å²) in [5, 5.41) is 3.46. The first-order chi connectivity index (χ1) is 11.2. The fraction of sp³-hybridized carbons (Fsp3) is 0.353. The van der Waals surface area contributed by atoms with E-state index in [1.807, 2.05) is 30.3 Å². The number of halogens is 1. The molecule has 1 saturated heterocycles. The van der Waals surface area contributed by atoms with Gasteiger partial charge in [-0.3, -0.25) is 4.79 Å². The lowest BCUT2D eigenvalue weighted by Crippen LogP contribution is -3.28. The van der Waals surface area contributed by atoms with Crippen LogP contribution in [0, 0.1) is 0 Å². The lowest BCUT2D eigenvalue weighted by Gasteiger charge is -2.28. The van der Waals surface area contributed by atoms with Crippen molar-refractivity contribution in [2.24, 2.45) is 0 Å². The minimum atomic E-state index is 0.0163. The maximum Gasteiger partial charge on any atom is 0.279 e. The number of rotatable bonds is 5. The van der Waals surface area contributed by atoms with Crippen molar-refractivity contribution >= 4 is 23.2 Å². The molecule has 0 aliphatic carbocycles. The van der Waals surface area contributed by atoms with Gasteiger partial charge in [-0.15, -0.1) is 0 Å². The largest absolute Gasteiger partial charge is 0.463 e. The van der Waals surface area contributed by atoms with E-state index in [0.29, 0.717) is 17.3 Å². The van der Waals surface area contributed by atoms with Crippen molar-refractivity contribution in [3.8, 4) is 0 Å². The summed E-state index contributed by atoms with van der Waals surface area (Å²) >= 11 is 6.06. The second kappa shape index (κ2) is 7.64. The van der Waals surface area contributed by atoms with E-state index in [1.165, 1.54) is 9.80 Å². The van der Waals surface area contributed by atoms with Crippen molar-refractivity contribution in [1.82, 2.24) is 0 Å². The molecule has 1 aliphatic rings. The summed E-state index contributed by atoms with van der Waals surface area (Å²) in [4.78, 5) is 15.0. The highest BCUT2D eigenvalue weighted by Gasteiger charge is 2.25. The average Bonchev–Trinajstić information content (AvgIpc) is 3.04. The van der Waals surface area contributed by atoms with Gasteiger partial charge in [-0.2, -0.15) is 0 Å². The van der Waals surface area contributed by atoms with Crippen molar-refractivity contribution in [3.63, 3.8) is 0 Å². The molecule has 0 bridgehead atoms. The molecule has 3 rings (SSSR count). The van der Waals surface area contributed by atoms with Crippen LogP contribution in [0.4, 0.5) is 5.69 Å². The lowest BCUT2D eigenvalue weighted by atomic mass is 10.3. The van der Waals surface area contributed by atoms with E-state index < -0.39 is 0 Å². The number of benzene rings is 1. The molecule has 0 unspecified atom stereocenters. The Morgan fingerprint density at radius 2 is 1.83 bits per heavy atom. The summed E-state index contributed by atoms with van der Waals surface area (Å²) in [7, 11) is 0. The number of nitrogens with one attached hydrogen (secondary N) is 3. The fourth-order valence-corrected chi connectivity index (χ4v) is 3.14. The molecule has 6 heteroatoms. The Morgan fingerprint density at radius 1 is 1.09 bits per heavy atom. The quantitative estimate of drug-likeness (QED) is 0.712. The van der Waals surface area contributed by atoms with Crippen LogP contribution in [0.3, 0.4) is 0 Å². The van der Waals surface area contributed by atoms with Gasteiger partial charge in [0.2, 0.25) is 0 Å². The number of furan rings is 1. The van der Waals surface area contributed by atoms with Gasteiger partial charge >= 0.3 is 0 Å². The molecule has 2 heterocycles. The van der Waals surface area contributed by atoms with Crippen LogP contribution in [0.2, 0.25) is 5.02 Å². The zero-order valence-electron chi connectivity index (χ0n) is 13.0. The molecular formula is C17H22ClN3O2+2. The maximum atomic E-state index is 12.2. The van der Waals surface area contributed by atoms with Gasteiger partial charge in [-0.25, -0.2) is 0 Å². The predicted octanol–water partition coefficient (Wildman–Crippen LogP) is -0.145. The SMILES string of the molecule is O=C(C[NH+]1CC[NH+](Cc2ccco2)CC1)Nc1ccccc1Cl. The predicted molar refractivity (Wildman–Crippen MR) is 88.8 cm³/mol. The van der Waals surface area contributed by atoms with Crippen LogP contribution in [0.15, 0.2) is 47.1 Å². The summed E-state index contributed by atoms with van der Waals surface area (Å²) in [6.07, 6.45) is 1.72. The zero-order valence-corrected chi connectivity index (χ0v) is 13.7. The minimum absolute atomic E-state index is 0.0163. The van der Waals surface area contributed by atoms with E-state index in [4.69, 9.17) is 16.0 Å². The molecule has 1 fully saturated rings. The molecule has 0 radical (unpaired) electrons. The number of hydrogen-bond donors (Lipinski definition) is 3. The van der Waals surface area contributed by atoms with E-state index in [0.717, 1.165) is 38.5 Å². The summed E-state index contributed by atoms with van der Waals surface area (Å²) in [5.74, 6) is 1.04. The highest BCUT2D eigenvalue weighted by Crippen LogP contribution is 2.19. The number of para-hydroxylation sites is 1. The third-order valence-corrected chi connectivity index (χ3v) is 4.56. The molecule has 0 atom stereocenters.